The van der Waals surface area contributed by atoms with Gasteiger partial charge >= 0.3 is 5.91 Å². The van der Waals surface area contributed by atoms with Crippen LogP contribution in [0, 0.1) is 40.4 Å². The molecule has 0 saturated heterocycles. The van der Waals surface area contributed by atoms with Gasteiger partial charge in [-0.15, -0.1) is 0 Å². The molecule has 0 aromatic heterocycles. The number of amidine groups is 1. The summed E-state index contributed by atoms with van der Waals surface area (Å²) in [6.07, 6.45) is 0.557. The number of rotatable bonds is 6. The minimum absolute atomic E-state index is 0.242. The van der Waals surface area contributed by atoms with Crippen LogP contribution in [0.25, 0.3) is 0 Å². The third-order valence-electron chi connectivity index (χ3n) is 6.08. The predicted octanol–water partition coefficient (Wildman–Crippen LogP) is 0.855. The monoisotopic (exact) mass is 353 g/mol. The molecule has 1 aliphatic heterocycles. The van der Waals surface area contributed by atoms with Crippen LogP contribution in [0.4, 0.5) is 0 Å². The van der Waals surface area contributed by atoms with Crippen LogP contribution in [0.2, 0.25) is 0 Å². The molecule has 1 aromatic carbocycles. The van der Waals surface area contributed by atoms with Gasteiger partial charge in [0, 0.05) is 0 Å². The molecule has 0 radical (unpaired) electrons. The van der Waals surface area contributed by atoms with Gasteiger partial charge in [0.15, 0.2) is 10.8 Å². The van der Waals surface area contributed by atoms with Crippen molar-refractivity contribution in [1.29, 1.82) is 10.5 Å². The molecule has 1 aliphatic carbocycles. The Kier molecular flexibility index (Phi) is 4.10. The third kappa shape index (κ3) is 1.60. The van der Waals surface area contributed by atoms with Gasteiger partial charge in [-0.05, 0) is 32.8 Å². The summed E-state index contributed by atoms with van der Waals surface area (Å²) in [5.41, 5.74) is 5.06. The molecule has 1 saturated carbocycles. The number of aryl methyl sites for hydroxylation is 1. The molecular weight excluding hydrogens is 328 g/mol. The molecule has 6 nitrogen and oxygen atoms in total. The molecule has 1 heterocycles. The smallest absolute Gasteiger partial charge is 0.314 e. The van der Waals surface area contributed by atoms with Crippen molar-refractivity contribution >= 4 is 5.84 Å². The maximum Gasteiger partial charge on any atom is 0.343 e. The summed E-state index contributed by atoms with van der Waals surface area (Å²) in [6.45, 7) is 8.28. The van der Waals surface area contributed by atoms with E-state index in [4.69, 9.17) is 15.2 Å². The summed E-state index contributed by atoms with van der Waals surface area (Å²) >= 11 is 0. The molecule has 0 amide bonds. The van der Waals surface area contributed by atoms with Crippen molar-refractivity contribution in [3.63, 3.8) is 0 Å². The van der Waals surface area contributed by atoms with Crippen molar-refractivity contribution in [2.75, 3.05) is 13.2 Å². The Morgan fingerprint density at radius 3 is 2.04 bits per heavy atom. The van der Waals surface area contributed by atoms with Gasteiger partial charge in [0.2, 0.25) is 0 Å². The molecule has 6 heteroatoms. The van der Waals surface area contributed by atoms with Crippen LogP contribution >= 0.6 is 0 Å². The summed E-state index contributed by atoms with van der Waals surface area (Å²) in [4.78, 5) is 3.03. The number of ether oxygens (including phenoxy) is 2. The molecule has 26 heavy (non-hydrogen) atoms. The Hall–Kier alpha value is -2.41. The number of fused-ring (bicyclic) bond motifs is 1. The first-order chi connectivity index (χ1) is 12.4. The zero-order valence-electron chi connectivity index (χ0n) is 15.7. The summed E-state index contributed by atoms with van der Waals surface area (Å²) in [5.74, 6) is -1.21. The van der Waals surface area contributed by atoms with Crippen LogP contribution in [0.1, 0.15) is 38.3 Å². The van der Waals surface area contributed by atoms with Crippen molar-refractivity contribution in [3.8, 4) is 12.1 Å². The highest BCUT2D eigenvalue weighted by Gasteiger charge is 3.03. The van der Waals surface area contributed by atoms with Crippen LogP contribution < -0.4 is 10.7 Å². The van der Waals surface area contributed by atoms with E-state index in [0.717, 1.165) is 11.1 Å². The largest absolute Gasteiger partial charge is 0.343 e. The number of nitrogens with zero attached hydrogens (tertiary/aromatic N) is 2. The topological polar surface area (TPSA) is 106 Å². The van der Waals surface area contributed by atoms with E-state index < -0.39 is 22.2 Å². The first-order valence-electron chi connectivity index (χ1n) is 9.02. The van der Waals surface area contributed by atoms with E-state index in [0.29, 0.717) is 19.6 Å². The lowest BCUT2D eigenvalue weighted by molar-refractivity contribution is -0.694. The van der Waals surface area contributed by atoms with Crippen molar-refractivity contribution < 1.29 is 14.5 Å². The first-order valence-corrected chi connectivity index (χ1v) is 9.02. The number of nitrogens with two attached hydrogens (primary N) is 1. The van der Waals surface area contributed by atoms with E-state index in [9.17, 15) is 10.5 Å². The van der Waals surface area contributed by atoms with Gasteiger partial charge < -0.3 is 9.47 Å². The van der Waals surface area contributed by atoms with Crippen molar-refractivity contribution in [3.05, 3.63) is 35.4 Å². The molecule has 3 atom stereocenters. The molecular formula is C20H25N4O2+. The van der Waals surface area contributed by atoms with Crippen molar-refractivity contribution in [1.82, 2.24) is 0 Å². The van der Waals surface area contributed by atoms with Gasteiger partial charge in [0.05, 0.1) is 30.8 Å². The Bertz CT molecular complexity index is 829. The molecule has 2 aliphatic rings. The molecule has 0 spiro atoms. The second-order valence-electron chi connectivity index (χ2n) is 6.87. The minimum Gasteiger partial charge on any atom is -0.314 e. The standard InChI is InChI=1S/C20H24N4O2/c1-5-17(15-10-8-14(4)9-11-15)18(12-21)16(23)24-20(25-6-2,26-7-3)19(17,18)13-22/h8-11H,5-7H2,1-4H3,(H2,23,24)/p+1/t17-,18+,19-/m1/s1. The number of hydrogen-bond acceptors (Lipinski definition) is 5. The Morgan fingerprint density at radius 2 is 1.62 bits per heavy atom. The number of nitrogens with one attached hydrogen (secondary N) is 1. The Labute approximate surface area is 154 Å². The lowest BCUT2D eigenvalue weighted by Gasteiger charge is -2.33. The fraction of sp³-hybridized carbons (Fsp3) is 0.550. The average molecular weight is 353 g/mol. The van der Waals surface area contributed by atoms with Gasteiger partial charge in [-0.25, -0.2) is 4.99 Å². The van der Waals surface area contributed by atoms with Crippen molar-refractivity contribution in [2.24, 2.45) is 16.6 Å². The molecule has 1 aromatic rings. The van der Waals surface area contributed by atoms with Gasteiger partial charge in [0.1, 0.15) is 0 Å². The van der Waals surface area contributed by atoms with E-state index in [1.165, 1.54) is 0 Å². The maximum atomic E-state index is 10.4. The zero-order chi connectivity index (χ0) is 19.2. The molecule has 136 valence electrons. The van der Waals surface area contributed by atoms with Gasteiger partial charge in [0.25, 0.3) is 5.84 Å². The van der Waals surface area contributed by atoms with Crippen LogP contribution in [0.5, 0.6) is 0 Å². The fourth-order valence-electron chi connectivity index (χ4n) is 5.19. The first kappa shape index (κ1) is 18.4. The zero-order valence-corrected chi connectivity index (χ0v) is 15.7. The Balaban J connectivity index is 2.35. The quantitative estimate of drug-likeness (QED) is 0.738. The SMILES string of the molecule is CCOC1(OCC)[NH+]=C(N)[C@@]2(C#N)[C@@](CC)(c3ccc(C)cc3)[C@@]12C#N. The van der Waals surface area contributed by atoms with E-state index in [1.54, 1.807) is 0 Å². The summed E-state index contributed by atoms with van der Waals surface area (Å²) in [5, 5.41) is 20.6. The normalized spacial score (nSPS) is 33.7. The third-order valence-corrected chi connectivity index (χ3v) is 6.08. The minimum atomic E-state index is -1.45. The van der Waals surface area contributed by atoms with Gasteiger partial charge in [-0.3, -0.25) is 5.73 Å². The maximum absolute atomic E-state index is 10.4. The summed E-state index contributed by atoms with van der Waals surface area (Å²) < 4.78 is 11.9. The number of benzene rings is 1. The second kappa shape index (κ2) is 5.81. The van der Waals surface area contributed by atoms with E-state index in [1.807, 2.05) is 52.0 Å². The molecule has 0 bridgehead atoms. The molecule has 0 unspecified atom stereocenters. The average Bonchev–Trinajstić information content (AvgIpc) is 3.13. The number of hydrogen-bond donors (Lipinski definition) is 2. The molecule has 1 fully saturated rings. The van der Waals surface area contributed by atoms with E-state index >= 15 is 0 Å². The van der Waals surface area contributed by atoms with Crippen molar-refractivity contribution in [2.45, 2.75) is 45.4 Å². The lowest BCUT2D eigenvalue weighted by atomic mass is 9.80. The van der Waals surface area contributed by atoms with Crippen LogP contribution in [-0.4, -0.2) is 25.0 Å². The molecule has 3 N–H and O–H groups in total. The highest BCUT2D eigenvalue weighted by Crippen LogP contribution is 2.83. The van der Waals surface area contributed by atoms with Crippen LogP contribution in [-0.2, 0) is 14.9 Å². The van der Waals surface area contributed by atoms with Crippen LogP contribution in [0.15, 0.2) is 24.3 Å². The number of nitriles is 2. The fourth-order valence-corrected chi connectivity index (χ4v) is 5.19. The van der Waals surface area contributed by atoms with E-state index in [2.05, 4.69) is 17.1 Å². The van der Waals surface area contributed by atoms with Crippen LogP contribution in [0.3, 0.4) is 0 Å². The van der Waals surface area contributed by atoms with Gasteiger partial charge in [-0.1, -0.05) is 36.8 Å². The Morgan fingerprint density at radius 1 is 1.04 bits per heavy atom. The predicted molar refractivity (Wildman–Crippen MR) is 95.4 cm³/mol. The second-order valence-corrected chi connectivity index (χ2v) is 6.87. The molecule has 3 rings (SSSR count). The highest BCUT2D eigenvalue weighted by molar-refractivity contribution is 5.97. The summed E-state index contributed by atoms with van der Waals surface area (Å²) in [7, 11) is 0. The summed E-state index contributed by atoms with van der Waals surface area (Å²) in [6, 6.07) is 12.7. The van der Waals surface area contributed by atoms with E-state index in [-0.39, 0.29) is 5.84 Å². The highest BCUT2D eigenvalue weighted by atomic mass is 16.7. The lowest BCUT2D eigenvalue weighted by Crippen LogP contribution is -2.91. The van der Waals surface area contributed by atoms with Gasteiger partial charge in [-0.2, -0.15) is 10.5 Å².